The van der Waals surface area contributed by atoms with Gasteiger partial charge in [0.25, 0.3) is 5.56 Å². The maximum Gasteiger partial charge on any atom is 0.270 e. The van der Waals surface area contributed by atoms with Gasteiger partial charge in [-0.1, -0.05) is 23.7 Å². The summed E-state index contributed by atoms with van der Waals surface area (Å²) in [6.07, 6.45) is 0. The third-order valence-electron chi connectivity index (χ3n) is 3.86. The Kier molecular flexibility index (Phi) is 6.24. The highest BCUT2D eigenvalue weighted by Crippen LogP contribution is 2.23. The largest absolute Gasteiger partial charge is 0.375 e. The number of benzene rings is 2. The van der Waals surface area contributed by atoms with Crippen molar-refractivity contribution in [3.05, 3.63) is 69.5 Å². The summed E-state index contributed by atoms with van der Waals surface area (Å²) >= 11 is 5.88. The fourth-order valence-electron chi connectivity index (χ4n) is 2.55. The van der Waals surface area contributed by atoms with E-state index in [1.54, 1.807) is 48.5 Å². The Morgan fingerprint density at radius 1 is 1.17 bits per heavy atom. The van der Waals surface area contributed by atoms with Gasteiger partial charge in [0.1, 0.15) is 18.2 Å². The van der Waals surface area contributed by atoms with Crippen LogP contribution in [0.3, 0.4) is 0 Å². The van der Waals surface area contributed by atoms with Crippen LogP contribution in [-0.4, -0.2) is 29.6 Å². The van der Waals surface area contributed by atoms with Crippen LogP contribution in [0.4, 0.5) is 17.3 Å². The second kappa shape index (κ2) is 9.01. The molecule has 0 aliphatic carbocycles. The molecule has 0 radical (unpaired) electrons. The quantitative estimate of drug-likeness (QED) is 0.574. The third-order valence-corrected chi connectivity index (χ3v) is 4.11. The van der Waals surface area contributed by atoms with Gasteiger partial charge in [0.2, 0.25) is 11.9 Å². The lowest BCUT2D eigenvalue weighted by Crippen LogP contribution is -2.17. The molecule has 0 aliphatic heterocycles. The number of H-pyrrole nitrogens is 1. The number of aromatic nitrogens is 2. The van der Waals surface area contributed by atoms with Gasteiger partial charge in [0.15, 0.2) is 0 Å². The molecular formula is C20H16ClN5O3. The summed E-state index contributed by atoms with van der Waals surface area (Å²) in [7, 11) is 1.43. The van der Waals surface area contributed by atoms with Gasteiger partial charge >= 0.3 is 0 Å². The lowest BCUT2D eigenvalue weighted by molar-refractivity contribution is -0.119. The van der Waals surface area contributed by atoms with Crippen molar-refractivity contribution in [2.75, 3.05) is 24.4 Å². The molecule has 8 nitrogen and oxygen atoms in total. The molecule has 0 spiro atoms. The normalized spacial score (nSPS) is 10.2. The van der Waals surface area contributed by atoms with E-state index in [1.165, 1.54) is 7.11 Å². The molecule has 0 saturated carbocycles. The maximum absolute atomic E-state index is 12.3. The number of carbonyl (C=O) groups excluding carboxylic acids is 1. The number of rotatable bonds is 6. The number of nitrogens with one attached hydrogen (secondary N) is 3. The first-order valence-corrected chi connectivity index (χ1v) is 8.84. The Labute approximate surface area is 171 Å². The van der Waals surface area contributed by atoms with Gasteiger partial charge in [0.05, 0.1) is 5.69 Å². The van der Waals surface area contributed by atoms with Gasteiger partial charge in [-0.05, 0) is 36.4 Å². The molecule has 2 aromatic carbocycles. The van der Waals surface area contributed by atoms with E-state index in [9.17, 15) is 14.9 Å². The van der Waals surface area contributed by atoms with E-state index < -0.39 is 5.56 Å². The van der Waals surface area contributed by atoms with Crippen molar-refractivity contribution in [2.24, 2.45) is 0 Å². The monoisotopic (exact) mass is 409 g/mol. The molecule has 146 valence electrons. The van der Waals surface area contributed by atoms with Gasteiger partial charge < -0.3 is 15.4 Å². The van der Waals surface area contributed by atoms with Gasteiger partial charge in [0, 0.05) is 29.1 Å². The molecule has 0 fully saturated rings. The van der Waals surface area contributed by atoms with Crippen molar-refractivity contribution >= 4 is 34.8 Å². The summed E-state index contributed by atoms with van der Waals surface area (Å²) < 4.78 is 4.77. The van der Waals surface area contributed by atoms with Crippen LogP contribution in [0.15, 0.2) is 53.3 Å². The van der Waals surface area contributed by atoms with Crippen LogP contribution >= 0.6 is 11.6 Å². The molecule has 0 atom stereocenters. The van der Waals surface area contributed by atoms with E-state index in [2.05, 4.69) is 20.6 Å². The SMILES string of the molecule is COCC(=O)Nc1ccc(-c2nc(Nc3ccc(Cl)cc3)[nH]c(=O)c2C#N)cc1. The lowest BCUT2D eigenvalue weighted by atomic mass is 10.1. The zero-order valence-corrected chi connectivity index (χ0v) is 16.1. The van der Waals surface area contributed by atoms with E-state index >= 15 is 0 Å². The van der Waals surface area contributed by atoms with Gasteiger partial charge in [-0.25, -0.2) is 4.98 Å². The zero-order chi connectivity index (χ0) is 20.8. The lowest BCUT2D eigenvalue weighted by Gasteiger charge is -2.10. The minimum absolute atomic E-state index is 0.0598. The Morgan fingerprint density at radius 2 is 1.83 bits per heavy atom. The van der Waals surface area contributed by atoms with E-state index in [-0.39, 0.29) is 29.7 Å². The molecule has 29 heavy (non-hydrogen) atoms. The van der Waals surface area contributed by atoms with Gasteiger partial charge in [-0.3, -0.25) is 14.6 Å². The van der Waals surface area contributed by atoms with Crippen molar-refractivity contribution < 1.29 is 9.53 Å². The Morgan fingerprint density at radius 3 is 2.45 bits per heavy atom. The van der Waals surface area contributed by atoms with E-state index in [0.717, 1.165) is 0 Å². The van der Waals surface area contributed by atoms with Gasteiger partial charge in [-0.15, -0.1) is 0 Å². The number of anilines is 3. The molecule has 3 aromatic rings. The van der Waals surface area contributed by atoms with Crippen molar-refractivity contribution in [3.63, 3.8) is 0 Å². The van der Waals surface area contributed by atoms with Crippen LogP contribution < -0.4 is 16.2 Å². The fraction of sp³-hybridized carbons (Fsp3) is 0.100. The highest BCUT2D eigenvalue weighted by atomic mass is 35.5. The first-order chi connectivity index (χ1) is 14.0. The molecular weight excluding hydrogens is 394 g/mol. The Hall–Kier alpha value is -3.67. The fourth-order valence-corrected chi connectivity index (χ4v) is 2.68. The number of nitriles is 1. The van der Waals surface area contributed by atoms with Crippen LogP contribution in [0.5, 0.6) is 0 Å². The second-order valence-electron chi connectivity index (χ2n) is 5.94. The van der Waals surface area contributed by atoms with Crippen molar-refractivity contribution in [3.8, 4) is 17.3 Å². The number of ether oxygens (including phenoxy) is 1. The first kappa shape index (κ1) is 20.1. The summed E-state index contributed by atoms with van der Waals surface area (Å²) in [6.45, 7) is -0.0598. The van der Waals surface area contributed by atoms with Crippen molar-refractivity contribution in [2.45, 2.75) is 0 Å². The first-order valence-electron chi connectivity index (χ1n) is 8.46. The molecule has 1 amide bonds. The molecule has 1 heterocycles. The average molecular weight is 410 g/mol. The Bertz CT molecular complexity index is 1120. The maximum atomic E-state index is 12.3. The average Bonchev–Trinajstić information content (AvgIpc) is 2.70. The third kappa shape index (κ3) is 4.99. The molecule has 0 saturated heterocycles. The molecule has 9 heteroatoms. The van der Waals surface area contributed by atoms with E-state index in [0.29, 0.717) is 22.0 Å². The Balaban J connectivity index is 1.92. The highest BCUT2D eigenvalue weighted by Gasteiger charge is 2.14. The number of hydrogen-bond acceptors (Lipinski definition) is 6. The minimum atomic E-state index is -0.563. The number of carbonyl (C=O) groups is 1. The minimum Gasteiger partial charge on any atom is -0.375 e. The summed E-state index contributed by atoms with van der Waals surface area (Å²) in [5.74, 6) is -0.106. The van der Waals surface area contributed by atoms with E-state index in [1.807, 2.05) is 6.07 Å². The van der Waals surface area contributed by atoms with Crippen LogP contribution in [0.2, 0.25) is 5.02 Å². The summed E-state index contributed by atoms with van der Waals surface area (Å²) in [6, 6.07) is 15.4. The van der Waals surface area contributed by atoms with Crippen molar-refractivity contribution in [1.29, 1.82) is 5.26 Å². The molecule has 0 bridgehead atoms. The molecule has 3 rings (SSSR count). The molecule has 1 aromatic heterocycles. The summed E-state index contributed by atoms with van der Waals surface area (Å²) in [5, 5.41) is 15.6. The summed E-state index contributed by atoms with van der Waals surface area (Å²) in [5.41, 5.74) is 1.33. The number of nitrogens with zero attached hydrogens (tertiary/aromatic N) is 2. The van der Waals surface area contributed by atoms with Crippen LogP contribution in [0.25, 0.3) is 11.3 Å². The standard InChI is InChI=1S/C20H16ClN5O3/c1-29-11-17(27)23-14-6-2-12(3-7-14)18-16(10-22)19(28)26-20(25-18)24-15-8-4-13(21)5-9-15/h2-9H,11H2,1H3,(H,23,27)(H2,24,25,26,28). The second-order valence-corrected chi connectivity index (χ2v) is 6.38. The predicted octanol–water partition coefficient (Wildman–Crippen LogP) is 3.29. The predicted molar refractivity (Wildman–Crippen MR) is 110 cm³/mol. The number of aromatic amines is 1. The van der Waals surface area contributed by atoms with E-state index in [4.69, 9.17) is 16.3 Å². The molecule has 0 unspecified atom stereocenters. The van der Waals surface area contributed by atoms with Crippen molar-refractivity contribution in [1.82, 2.24) is 9.97 Å². The number of methoxy groups -OCH3 is 1. The number of amides is 1. The smallest absolute Gasteiger partial charge is 0.270 e. The molecule has 3 N–H and O–H groups in total. The molecule has 0 aliphatic rings. The number of hydrogen-bond donors (Lipinski definition) is 3. The van der Waals surface area contributed by atoms with Crippen LogP contribution in [0, 0.1) is 11.3 Å². The zero-order valence-electron chi connectivity index (χ0n) is 15.3. The van der Waals surface area contributed by atoms with Gasteiger partial charge in [-0.2, -0.15) is 5.26 Å². The summed E-state index contributed by atoms with van der Waals surface area (Å²) in [4.78, 5) is 30.9. The topological polar surface area (TPSA) is 120 Å². The van der Waals surface area contributed by atoms with Crippen LogP contribution in [-0.2, 0) is 9.53 Å². The number of halogens is 1. The highest BCUT2D eigenvalue weighted by molar-refractivity contribution is 6.30. The van der Waals surface area contributed by atoms with Crippen LogP contribution in [0.1, 0.15) is 5.56 Å².